The Balaban J connectivity index is 1.54. The van der Waals surface area contributed by atoms with Crippen molar-refractivity contribution in [3.05, 3.63) is 42.5 Å². The molecule has 0 N–H and O–H groups in total. The lowest BCUT2D eigenvalue weighted by atomic mass is 9.99. The number of hydrogen-bond donors (Lipinski definition) is 0. The van der Waals surface area contributed by atoms with Crippen molar-refractivity contribution in [2.45, 2.75) is 11.1 Å². The predicted molar refractivity (Wildman–Crippen MR) is 81.8 cm³/mol. The van der Waals surface area contributed by atoms with Crippen LogP contribution in [0.25, 0.3) is 5.65 Å². The van der Waals surface area contributed by atoms with Crippen molar-refractivity contribution in [1.82, 2.24) is 24.6 Å². The first-order valence-corrected chi connectivity index (χ1v) is 7.99. The van der Waals surface area contributed by atoms with E-state index in [0.29, 0.717) is 5.92 Å². The highest BCUT2D eigenvalue weighted by Crippen LogP contribution is 2.30. The molecule has 1 aliphatic heterocycles. The number of aromatic nitrogens is 5. The summed E-state index contributed by atoms with van der Waals surface area (Å²) in [4.78, 5) is 11.0. The third kappa shape index (κ3) is 2.13. The van der Waals surface area contributed by atoms with Crippen LogP contribution >= 0.6 is 11.8 Å². The molecule has 4 rings (SSSR count). The maximum atomic E-state index is 4.53. The molecular weight excluding hydrogens is 284 g/mol. The highest BCUT2D eigenvalue weighted by Gasteiger charge is 2.32. The minimum atomic E-state index is 0.398. The molecule has 0 saturated carbocycles. The quantitative estimate of drug-likeness (QED) is 0.543. The van der Waals surface area contributed by atoms with Gasteiger partial charge in [0, 0.05) is 25.5 Å². The smallest absolute Gasteiger partial charge is 0.189 e. The Morgan fingerprint density at radius 1 is 1.19 bits per heavy atom. The SMILES string of the molecule is CSc1nccc(N2CC(c3nnc4ccccn34)C2)n1. The Morgan fingerprint density at radius 3 is 2.95 bits per heavy atom. The molecule has 0 spiro atoms. The fourth-order valence-electron chi connectivity index (χ4n) is 2.57. The fraction of sp³-hybridized carbons (Fsp3) is 0.286. The molecule has 0 aliphatic carbocycles. The van der Waals surface area contributed by atoms with Crippen molar-refractivity contribution < 1.29 is 0 Å². The zero-order valence-electron chi connectivity index (χ0n) is 11.5. The van der Waals surface area contributed by atoms with Gasteiger partial charge in [0.05, 0.1) is 5.92 Å². The van der Waals surface area contributed by atoms with Gasteiger partial charge in [-0.25, -0.2) is 9.97 Å². The van der Waals surface area contributed by atoms with E-state index < -0.39 is 0 Å². The lowest BCUT2D eigenvalue weighted by Gasteiger charge is -2.39. The van der Waals surface area contributed by atoms with Crippen molar-refractivity contribution in [1.29, 1.82) is 0 Å². The number of hydrogen-bond acceptors (Lipinski definition) is 6. The van der Waals surface area contributed by atoms with Crippen molar-refractivity contribution in [2.24, 2.45) is 0 Å². The van der Waals surface area contributed by atoms with E-state index in [1.165, 1.54) is 0 Å². The van der Waals surface area contributed by atoms with Gasteiger partial charge in [0.1, 0.15) is 11.6 Å². The average Bonchev–Trinajstić information content (AvgIpc) is 2.90. The second-order valence-electron chi connectivity index (χ2n) is 4.99. The van der Waals surface area contributed by atoms with Gasteiger partial charge in [-0.3, -0.25) is 4.40 Å². The topological polar surface area (TPSA) is 59.2 Å². The van der Waals surface area contributed by atoms with Gasteiger partial charge in [0.25, 0.3) is 0 Å². The Morgan fingerprint density at radius 2 is 2.10 bits per heavy atom. The number of pyridine rings is 1. The molecule has 1 saturated heterocycles. The minimum Gasteiger partial charge on any atom is -0.355 e. The molecule has 0 aromatic carbocycles. The molecule has 3 aromatic rings. The maximum Gasteiger partial charge on any atom is 0.189 e. The zero-order valence-corrected chi connectivity index (χ0v) is 12.4. The van der Waals surface area contributed by atoms with Gasteiger partial charge in [0.15, 0.2) is 10.8 Å². The second-order valence-corrected chi connectivity index (χ2v) is 5.76. The first-order chi connectivity index (χ1) is 10.3. The van der Waals surface area contributed by atoms with Gasteiger partial charge >= 0.3 is 0 Å². The normalized spacial score (nSPS) is 15.4. The molecule has 0 amide bonds. The number of fused-ring (bicyclic) bond motifs is 1. The van der Waals surface area contributed by atoms with E-state index in [9.17, 15) is 0 Å². The summed E-state index contributed by atoms with van der Waals surface area (Å²) in [5.74, 6) is 2.41. The summed E-state index contributed by atoms with van der Waals surface area (Å²) >= 11 is 1.56. The fourth-order valence-corrected chi connectivity index (χ4v) is 2.92. The molecule has 106 valence electrons. The van der Waals surface area contributed by atoms with E-state index in [4.69, 9.17) is 0 Å². The van der Waals surface area contributed by atoms with Gasteiger partial charge in [-0.2, -0.15) is 0 Å². The van der Waals surface area contributed by atoms with Crippen LogP contribution in [-0.4, -0.2) is 43.9 Å². The Hall–Kier alpha value is -2.15. The molecule has 7 heteroatoms. The van der Waals surface area contributed by atoms with E-state index in [2.05, 4.69) is 29.5 Å². The van der Waals surface area contributed by atoms with Crippen molar-refractivity contribution >= 4 is 23.2 Å². The Labute approximate surface area is 126 Å². The summed E-state index contributed by atoms with van der Waals surface area (Å²) in [6, 6.07) is 7.91. The van der Waals surface area contributed by atoms with Gasteiger partial charge in [-0.05, 0) is 24.5 Å². The number of rotatable bonds is 3. The Kier molecular flexibility index (Phi) is 2.99. The molecule has 21 heavy (non-hydrogen) atoms. The molecule has 0 bridgehead atoms. The highest BCUT2D eigenvalue weighted by atomic mass is 32.2. The zero-order chi connectivity index (χ0) is 14.2. The predicted octanol–water partition coefficient (Wildman–Crippen LogP) is 1.84. The van der Waals surface area contributed by atoms with E-state index in [-0.39, 0.29) is 0 Å². The summed E-state index contributed by atoms with van der Waals surface area (Å²) in [5, 5.41) is 9.35. The van der Waals surface area contributed by atoms with Crippen molar-refractivity contribution in [3.8, 4) is 0 Å². The Bertz CT molecular complexity index is 780. The summed E-state index contributed by atoms with van der Waals surface area (Å²) in [6.07, 6.45) is 5.82. The van der Waals surface area contributed by atoms with Gasteiger partial charge in [0.2, 0.25) is 0 Å². The highest BCUT2D eigenvalue weighted by molar-refractivity contribution is 7.98. The van der Waals surface area contributed by atoms with Crippen LogP contribution in [0.1, 0.15) is 11.7 Å². The number of anilines is 1. The van der Waals surface area contributed by atoms with Crippen LogP contribution < -0.4 is 4.90 Å². The molecular formula is C14H14N6S. The van der Waals surface area contributed by atoms with Gasteiger partial charge in [-0.1, -0.05) is 17.8 Å². The average molecular weight is 298 g/mol. The molecule has 1 fully saturated rings. The van der Waals surface area contributed by atoms with E-state index in [0.717, 1.165) is 35.5 Å². The summed E-state index contributed by atoms with van der Waals surface area (Å²) < 4.78 is 2.06. The maximum absolute atomic E-state index is 4.53. The molecule has 0 atom stereocenters. The monoisotopic (exact) mass is 298 g/mol. The molecule has 4 heterocycles. The summed E-state index contributed by atoms with van der Waals surface area (Å²) in [6.45, 7) is 1.83. The van der Waals surface area contributed by atoms with Crippen LogP contribution in [-0.2, 0) is 0 Å². The largest absolute Gasteiger partial charge is 0.355 e. The first kappa shape index (κ1) is 12.6. The van der Waals surface area contributed by atoms with E-state index in [1.807, 2.05) is 42.9 Å². The molecule has 3 aromatic heterocycles. The first-order valence-electron chi connectivity index (χ1n) is 6.77. The van der Waals surface area contributed by atoms with E-state index in [1.54, 1.807) is 11.8 Å². The molecule has 1 aliphatic rings. The third-order valence-corrected chi connectivity index (χ3v) is 4.27. The van der Waals surface area contributed by atoms with Crippen molar-refractivity contribution in [3.63, 3.8) is 0 Å². The van der Waals surface area contributed by atoms with E-state index >= 15 is 0 Å². The number of nitrogens with zero attached hydrogens (tertiary/aromatic N) is 6. The lowest BCUT2D eigenvalue weighted by Crippen LogP contribution is -2.46. The third-order valence-electron chi connectivity index (χ3n) is 3.71. The summed E-state index contributed by atoms with van der Waals surface area (Å²) in [5.41, 5.74) is 0.901. The van der Waals surface area contributed by atoms with Crippen LogP contribution in [0.4, 0.5) is 5.82 Å². The molecule has 0 unspecified atom stereocenters. The van der Waals surface area contributed by atoms with Crippen LogP contribution in [0.2, 0.25) is 0 Å². The minimum absolute atomic E-state index is 0.398. The van der Waals surface area contributed by atoms with Gasteiger partial charge in [-0.15, -0.1) is 10.2 Å². The van der Waals surface area contributed by atoms with Gasteiger partial charge < -0.3 is 4.90 Å². The molecule has 0 radical (unpaired) electrons. The van der Waals surface area contributed by atoms with Crippen LogP contribution in [0.15, 0.2) is 41.8 Å². The summed E-state index contributed by atoms with van der Waals surface area (Å²) in [7, 11) is 0. The second kappa shape index (κ2) is 5.00. The molecule has 6 nitrogen and oxygen atoms in total. The van der Waals surface area contributed by atoms with Crippen LogP contribution in [0, 0.1) is 0 Å². The van der Waals surface area contributed by atoms with Crippen LogP contribution in [0.5, 0.6) is 0 Å². The standard InChI is InChI=1S/C14H14N6S/c1-21-14-15-6-5-11(16-14)19-8-10(9-19)13-18-17-12-4-2-3-7-20(12)13/h2-7,10H,8-9H2,1H3. The lowest BCUT2D eigenvalue weighted by molar-refractivity contribution is 0.491. The number of thioether (sulfide) groups is 1. The van der Waals surface area contributed by atoms with Crippen LogP contribution in [0.3, 0.4) is 0 Å². The van der Waals surface area contributed by atoms with Crippen molar-refractivity contribution in [2.75, 3.05) is 24.2 Å².